The topological polar surface area (TPSA) is 58.6 Å². The second-order valence-corrected chi connectivity index (χ2v) is 8.60. The van der Waals surface area contributed by atoms with E-state index < -0.39 is 6.09 Å². The van der Waals surface area contributed by atoms with E-state index in [1.54, 1.807) is 7.11 Å². The SMILES string of the molecule is COc1cc2c(cc1-c1cccc(CC(C)C)c1)CC(C)(C)C2NC(=O)O. The largest absolute Gasteiger partial charge is 0.496 e. The first-order valence-corrected chi connectivity index (χ1v) is 9.51. The number of carbonyl (C=O) groups is 1. The highest BCUT2D eigenvalue weighted by atomic mass is 16.5. The first-order valence-electron chi connectivity index (χ1n) is 9.51. The number of fused-ring (bicyclic) bond motifs is 1. The molecule has 2 N–H and O–H groups in total. The summed E-state index contributed by atoms with van der Waals surface area (Å²) >= 11 is 0. The second-order valence-electron chi connectivity index (χ2n) is 8.60. The molecule has 0 spiro atoms. The van der Waals surface area contributed by atoms with Gasteiger partial charge in [0.2, 0.25) is 0 Å². The molecule has 0 aromatic heterocycles. The third kappa shape index (κ3) is 3.95. The van der Waals surface area contributed by atoms with Crippen LogP contribution in [0.1, 0.15) is 50.4 Å². The van der Waals surface area contributed by atoms with Crippen molar-refractivity contribution in [2.75, 3.05) is 7.11 Å². The maximum Gasteiger partial charge on any atom is 0.405 e. The molecule has 3 rings (SSSR count). The van der Waals surface area contributed by atoms with Crippen molar-refractivity contribution in [3.8, 4) is 16.9 Å². The first-order chi connectivity index (χ1) is 12.7. The maximum atomic E-state index is 11.3. The van der Waals surface area contributed by atoms with Crippen molar-refractivity contribution in [1.29, 1.82) is 0 Å². The van der Waals surface area contributed by atoms with Gasteiger partial charge in [0.05, 0.1) is 13.2 Å². The zero-order chi connectivity index (χ0) is 19.8. The van der Waals surface area contributed by atoms with Crippen LogP contribution in [0.4, 0.5) is 4.79 Å². The number of hydrogen-bond donors (Lipinski definition) is 2. The Hall–Kier alpha value is -2.49. The van der Waals surface area contributed by atoms with E-state index in [9.17, 15) is 9.90 Å². The molecule has 0 radical (unpaired) electrons. The van der Waals surface area contributed by atoms with E-state index in [1.807, 2.05) is 6.07 Å². The van der Waals surface area contributed by atoms with Gasteiger partial charge in [0.15, 0.2) is 0 Å². The molecule has 0 saturated carbocycles. The predicted octanol–water partition coefficient (Wildman–Crippen LogP) is 5.45. The lowest BCUT2D eigenvalue weighted by Crippen LogP contribution is -2.34. The molecule has 1 aliphatic carbocycles. The van der Waals surface area contributed by atoms with Crippen molar-refractivity contribution in [2.45, 2.75) is 46.6 Å². The summed E-state index contributed by atoms with van der Waals surface area (Å²) in [6.07, 6.45) is 0.875. The van der Waals surface area contributed by atoms with Gasteiger partial charge >= 0.3 is 6.09 Å². The first kappa shape index (κ1) is 19.3. The fourth-order valence-corrected chi connectivity index (χ4v) is 4.20. The highest BCUT2D eigenvalue weighted by Gasteiger charge is 2.40. The highest BCUT2D eigenvalue weighted by molar-refractivity contribution is 5.74. The Balaban J connectivity index is 2.06. The Morgan fingerprint density at radius 1 is 1.30 bits per heavy atom. The van der Waals surface area contributed by atoms with Gasteiger partial charge in [-0.3, -0.25) is 0 Å². The van der Waals surface area contributed by atoms with E-state index >= 15 is 0 Å². The number of hydrogen-bond acceptors (Lipinski definition) is 2. The number of amides is 1. The Morgan fingerprint density at radius 3 is 2.67 bits per heavy atom. The zero-order valence-corrected chi connectivity index (χ0v) is 16.8. The van der Waals surface area contributed by atoms with Crippen LogP contribution in [0, 0.1) is 11.3 Å². The molecule has 0 fully saturated rings. The Kier molecular flexibility index (Phi) is 5.18. The van der Waals surface area contributed by atoms with Crippen LogP contribution in [0.2, 0.25) is 0 Å². The van der Waals surface area contributed by atoms with E-state index in [4.69, 9.17) is 4.74 Å². The number of carboxylic acid groups (broad SMARTS) is 1. The van der Waals surface area contributed by atoms with Gasteiger partial charge < -0.3 is 15.2 Å². The van der Waals surface area contributed by atoms with Gasteiger partial charge in [0.1, 0.15) is 5.75 Å². The molecule has 1 aliphatic rings. The molecule has 2 aromatic carbocycles. The molecular formula is C23H29NO3. The zero-order valence-electron chi connectivity index (χ0n) is 16.8. The summed E-state index contributed by atoms with van der Waals surface area (Å²) in [4.78, 5) is 11.3. The molecule has 0 aliphatic heterocycles. The van der Waals surface area contributed by atoms with E-state index in [2.05, 4.69) is 63.3 Å². The summed E-state index contributed by atoms with van der Waals surface area (Å²) < 4.78 is 5.69. The quantitative estimate of drug-likeness (QED) is 0.738. The lowest BCUT2D eigenvalue weighted by Gasteiger charge is -2.27. The van der Waals surface area contributed by atoms with Gasteiger partial charge in [-0.05, 0) is 58.6 Å². The third-order valence-electron chi connectivity index (χ3n) is 5.35. The van der Waals surface area contributed by atoms with Crippen molar-refractivity contribution in [3.05, 3.63) is 53.1 Å². The molecule has 1 unspecified atom stereocenters. The lowest BCUT2D eigenvalue weighted by molar-refractivity contribution is 0.175. The van der Waals surface area contributed by atoms with Crippen molar-refractivity contribution >= 4 is 6.09 Å². The minimum atomic E-state index is -0.995. The Labute approximate surface area is 161 Å². The summed E-state index contributed by atoms with van der Waals surface area (Å²) in [7, 11) is 1.67. The predicted molar refractivity (Wildman–Crippen MR) is 108 cm³/mol. The molecule has 4 heteroatoms. The van der Waals surface area contributed by atoms with Crippen LogP contribution in [0.25, 0.3) is 11.1 Å². The van der Waals surface area contributed by atoms with Gasteiger partial charge in [0, 0.05) is 5.56 Å². The van der Waals surface area contributed by atoms with E-state index in [0.29, 0.717) is 5.92 Å². The van der Waals surface area contributed by atoms with Crippen molar-refractivity contribution in [2.24, 2.45) is 11.3 Å². The van der Waals surface area contributed by atoms with Crippen LogP contribution in [-0.2, 0) is 12.8 Å². The summed E-state index contributed by atoms with van der Waals surface area (Å²) in [5.41, 5.74) is 5.54. The van der Waals surface area contributed by atoms with Crippen LogP contribution in [0.5, 0.6) is 5.75 Å². The minimum Gasteiger partial charge on any atom is -0.496 e. The van der Waals surface area contributed by atoms with Crippen LogP contribution >= 0.6 is 0 Å². The Bertz CT molecular complexity index is 855. The van der Waals surface area contributed by atoms with Crippen LogP contribution in [0.15, 0.2) is 36.4 Å². The van der Waals surface area contributed by atoms with Crippen molar-refractivity contribution in [3.63, 3.8) is 0 Å². The van der Waals surface area contributed by atoms with Crippen molar-refractivity contribution in [1.82, 2.24) is 5.32 Å². The molecule has 1 amide bonds. The van der Waals surface area contributed by atoms with E-state index in [0.717, 1.165) is 35.3 Å². The van der Waals surface area contributed by atoms with Gasteiger partial charge in [-0.2, -0.15) is 0 Å². The third-order valence-corrected chi connectivity index (χ3v) is 5.35. The summed E-state index contributed by atoms with van der Waals surface area (Å²) in [5.74, 6) is 1.39. The number of methoxy groups -OCH3 is 1. The average Bonchev–Trinajstić information content (AvgIpc) is 2.82. The molecule has 27 heavy (non-hydrogen) atoms. The van der Waals surface area contributed by atoms with E-state index in [1.165, 1.54) is 11.1 Å². The van der Waals surface area contributed by atoms with Crippen LogP contribution in [0.3, 0.4) is 0 Å². The van der Waals surface area contributed by atoms with E-state index in [-0.39, 0.29) is 11.5 Å². The molecule has 0 saturated heterocycles. The normalized spacial score (nSPS) is 17.6. The van der Waals surface area contributed by atoms with Crippen LogP contribution in [-0.4, -0.2) is 18.3 Å². The monoisotopic (exact) mass is 367 g/mol. The lowest BCUT2D eigenvalue weighted by atomic mass is 9.85. The number of nitrogens with one attached hydrogen (secondary N) is 1. The molecule has 0 bridgehead atoms. The van der Waals surface area contributed by atoms with Crippen LogP contribution < -0.4 is 10.1 Å². The molecule has 2 aromatic rings. The highest BCUT2D eigenvalue weighted by Crippen LogP contribution is 2.48. The Morgan fingerprint density at radius 2 is 2.04 bits per heavy atom. The summed E-state index contributed by atoms with van der Waals surface area (Å²) in [5, 5.41) is 11.9. The van der Waals surface area contributed by atoms with Gasteiger partial charge in [-0.25, -0.2) is 4.79 Å². The average molecular weight is 367 g/mol. The fourth-order valence-electron chi connectivity index (χ4n) is 4.20. The summed E-state index contributed by atoms with van der Waals surface area (Å²) in [6, 6.07) is 12.6. The minimum absolute atomic E-state index is 0.177. The number of benzene rings is 2. The fraction of sp³-hybridized carbons (Fsp3) is 0.435. The number of ether oxygens (including phenoxy) is 1. The maximum absolute atomic E-state index is 11.3. The smallest absolute Gasteiger partial charge is 0.405 e. The second kappa shape index (κ2) is 7.26. The number of rotatable bonds is 5. The van der Waals surface area contributed by atoms with Gasteiger partial charge in [0.25, 0.3) is 0 Å². The molecule has 4 nitrogen and oxygen atoms in total. The molecule has 0 heterocycles. The van der Waals surface area contributed by atoms with Crippen molar-refractivity contribution < 1.29 is 14.6 Å². The van der Waals surface area contributed by atoms with Gasteiger partial charge in [-0.15, -0.1) is 0 Å². The van der Waals surface area contributed by atoms with Gasteiger partial charge in [-0.1, -0.05) is 52.0 Å². The molecular weight excluding hydrogens is 338 g/mol. The molecule has 144 valence electrons. The standard InChI is InChI=1S/C23H29NO3/c1-14(2)9-15-7-6-8-16(10-15)18-11-17-13-23(3,4)21(24-22(25)26)19(17)12-20(18)27-5/h6-8,10-12,14,21,24H,9,13H2,1-5H3,(H,25,26). The summed E-state index contributed by atoms with van der Waals surface area (Å²) in [6.45, 7) is 8.65. The molecule has 1 atom stereocenters.